The van der Waals surface area contributed by atoms with Gasteiger partial charge in [-0.1, -0.05) is 17.7 Å². The zero-order valence-electron chi connectivity index (χ0n) is 10.8. The van der Waals surface area contributed by atoms with Crippen LogP contribution in [-0.4, -0.2) is 31.4 Å². The predicted molar refractivity (Wildman–Crippen MR) is 74.1 cm³/mol. The number of ether oxygens (including phenoxy) is 1. The lowest BCUT2D eigenvalue weighted by Crippen LogP contribution is -2.35. The van der Waals surface area contributed by atoms with Crippen molar-refractivity contribution in [2.45, 2.75) is 25.4 Å². The maximum atomic E-state index is 8.93. The van der Waals surface area contributed by atoms with Crippen molar-refractivity contribution in [3.8, 4) is 5.75 Å². The van der Waals surface area contributed by atoms with E-state index < -0.39 is 0 Å². The van der Waals surface area contributed by atoms with Crippen LogP contribution in [0.1, 0.15) is 24.9 Å². The molecule has 4 nitrogen and oxygen atoms in total. The van der Waals surface area contributed by atoms with Crippen molar-refractivity contribution < 1.29 is 9.84 Å². The summed E-state index contributed by atoms with van der Waals surface area (Å²) in [4.78, 5) is 0. The summed E-state index contributed by atoms with van der Waals surface area (Å²) in [6.45, 7) is 2.56. The fraction of sp³-hybridized carbons (Fsp3) is 0.538. The van der Waals surface area contributed by atoms with E-state index in [1.807, 2.05) is 25.1 Å². The van der Waals surface area contributed by atoms with Crippen LogP contribution in [0.25, 0.3) is 0 Å². The first-order chi connectivity index (χ1) is 8.63. The number of nitrogens with one attached hydrogen (secondary N) is 1. The van der Waals surface area contributed by atoms with Gasteiger partial charge in [0, 0.05) is 35.8 Å². The van der Waals surface area contributed by atoms with Crippen LogP contribution in [0.4, 0.5) is 0 Å². The van der Waals surface area contributed by atoms with Crippen LogP contribution < -0.4 is 15.8 Å². The van der Waals surface area contributed by atoms with Crippen molar-refractivity contribution >= 4 is 11.6 Å². The first-order valence-corrected chi connectivity index (χ1v) is 6.41. The molecule has 0 fully saturated rings. The van der Waals surface area contributed by atoms with Crippen molar-refractivity contribution in [1.29, 1.82) is 0 Å². The summed E-state index contributed by atoms with van der Waals surface area (Å²) in [5.41, 5.74) is 6.67. The number of aliphatic hydroxyl groups is 1. The Morgan fingerprint density at radius 3 is 2.78 bits per heavy atom. The molecule has 18 heavy (non-hydrogen) atoms. The van der Waals surface area contributed by atoms with Gasteiger partial charge in [0.1, 0.15) is 5.75 Å². The Balaban J connectivity index is 2.94. The molecule has 0 bridgehead atoms. The van der Waals surface area contributed by atoms with Gasteiger partial charge in [-0.25, -0.2) is 0 Å². The van der Waals surface area contributed by atoms with E-state index in [1.165, 1.54) is 0 Å². The lowest BCUT2D eigenvalue weighted by Gasteiger charge is -2.24. The van der Waals surface area contributed by atoms with Gasteiger partial charge >= 0.3 is 0 Å². The molecule has 2 unspecified atom stereocenters. The zero-order valence-corrected chi connectivity index (χ0v) is 11.6. The van der Waals surface area contributed by atoms with Crippen LogP contribution >= 0.6 is 11.6 Å². The molecule has 1 rings (SSSR count). The van der Waals surface area contributed by atoms with Crippen molar-refractivity contribution in [3.63, 3.8) is 0 Å². The fourth-order valence-electron chi connectivity index (χ4n) is 1.92. The highest BCUT2D eigenvalue weighted by atomic mass is 35.5. The average molecular weight is 273 g/mol. The molecule has 102 valence electrons. The van der Waals surface area contributed by atoms with Crippen molar-refractivity contribution in [3.05, 3.63) is 28.8 Å². The largest absolute Gasteiger partial charge is 0.496 e. The monoisotopic (exact) mass is 272 g/mol. The van der Waals surface area contributed by atoms with Gasteiger partial charge in [0.05, 0.1) is 7.11 Å². The maximum absolute atomic E-state index is 8.93. The summed E-state index contributed by atoms with van der Waals surface area (Å²) in [7, 11) is 1.61. The van der Waals surface area contributed by atoms with Gasteiger partial charge in [0.15, 0.2) is 0 Å². The number of hydrogen-bond donors (Lipinski definition) is 3. The summed E-state index contributed by atoms with van der Waals surface area (Å²) < 4.78 is 5.32. The minimum absolute atomic E-state index is 0.0878. The molecule has 0 amide bonds. The molecule has 1 aromatic carbocycles. The summed E-state index contributed by atoms with van der Waals surface area (Å²) in [6.07, 6.45) is 0.670. The Labute approximate surface area is 113 Å². The maximum Gasteiger partial charge on any atom is 0.125 e. The van der Waals surface area contributed by atoms with E-state index in [0.29, 0.717) is 18.0 Å². The first-order valence-electron chi connectivity index (χ1n) is 6.03. The number of nitrogens with two attached hydrogens (primary N) is 1. The average Bonchev–Trinajstić information content (AvgIpc) is 2.36. The highest BCUT2D eigenvalue weighted by molar-refractivity contribution is 6.31. The van der Waals surface area contributed by atoms with Crippen molar-refractivity contribution in [2.24, 2.45) is 5.73 Å². The van der Waals surface area contributed by atoms with Gasteiger partial charge in [-0.05, 0) is 25.5 Å². The van der Waals surface area contributed by atoms with Gasteiger partial charge in [0.25, 0.3) is 0 Å². The SMILES string of the molecule is COc1cccc(Cl)c1C(CN)NC(C)CCO. The summed E-state index contributed by atoms with van der Waals surface area (Å²) in [6, 6.07) is 5.60. The summed E-state index contributed by atoms with van der Waals surface area (Å²) in [5.74, 6) is 0.724. The topological polar surface area (TPSA) is 67.5 Å². The van der Waals surface area contributed by atoms with Crippen LogP contribution in [0.15, 0.2) is 18.2 Å². The van der Waals surface area contributed by atoms with E-state index in [1.54, 1.807) is 7.11 Å². The molecule has 0 aliphatic rings. The first kappa shape index (κ1) is 15.2. The molecule has 4 N–H and O–H groups in total. The van der Waals surface area contributed by atoms with Gasteiger partial charge < -0.3 is 20.9 Å². The molecule has 5 heteroatoms. The van der Waals surface area contributed by atoms with Crippen molar-refractivity contribution in [2.75, 3.05) is 20.3 Å². The van der Waals surface area contributed by atoms with Gasteiger partial charge in [-0.15, -0.1) is 0 Å². The molecule has 0 heterocycles. The Hall–Kier alpha value is -0.810. The lowest BCUT2D eigenvalue weighted by atomic mass is 10.0. The van der Waals surface area contributed by atoms with E-state index in [-0.39, 0.29) is 18.7 Å². The molecule has 0 saturated carbocycles. The Morgan fingerprint density at radius 1 is 1.50 bits per heavy atom. The second kappa shape index (κ2) is 7.59. The van der Waals surface area contributed by atoms with Crippen molar-refractivity contribution in [1.82, 2.24) is 5.32 Å². The van der Waals surface area contributed by atoms with E-state index in [2.05, 4.69) is 5.32 Å². The standard InChI is InChI=1S/C13H21ClN2O2/c1-9(6-7-17)16-11(8-15)13-10(14)4-3-5-12(13)18-2/h3-5,9,11,16-17H,6-8,15H2,1-2H3. The zero-order chi connectivity index (χ0) is 13.5. The third-order valence-electron chi connectivity index (χ3n) is 2.86. The van der Waals surface area contributed by atoms with Crippen LogP contribution in [0.2, 0.25) is 5.02 Å². The molecule has 0 aliphatic carbocycles. The summed E-state index contributed by atoms with van der Waals surface area (Å²) in [5, 5.41) is 12.9. The second-order valence-corrected chi connectivity index (χ2v) is 4.63. The number of methoxy groups -OCH3 is 1. The van der Waals surface area contributed by atoms with E-state index >= 15 is 0 Å². The third-order valence-corrected chi connectivity index (χ3v) is 3.19. The summed E-state index contributed by atoms with van der Waals surface area (Å²) >= 11 is 6.22. The Bertz CT molecular complexity index is 374. The molecule has 2 atom stereocenters. The quantitative estimate of drug-likeness (QED) is 0.707. The molecule has 0 radical (unpaired) electrons. The van der Waals surface area contributed by atoms with Crippen LogP contribution in [0.3, 0.4) is 0 Å². The minimum Gasteiger partial charge on any atom is -0.496 e. The third kappa shape index (κ3) is 3.85. The van der Waals surface area contributed by atoms with Crippen LogP contribution in [-0.2, 0) is 0 Å². The Morgan fingerprint density at radius 2 is 2.22 bits per heavy atom. The number of rotatable bonds is 7. The molecule has 0 aliphatic heterocycles. The molecular weight excluding hydrogens is 252 g/mol. The lowest BCUT2D eigenvalue weighted by molar-refractivity contribution is 0.263. The number of benzene rings is 1. The van der Waals surface area contributed by atoms with Gasteiger partial charge in [-0.3, -0.25) is 0 Å². The van der Waals surface area contributed by atoms with Crippen LogP contribution in [0, 0.1) is 0 Å². The molecule has 0 aromatic heterocycles. The molecular formula is C13H21ClN2O2. The van der Waals surface area contributed by atoms with Gasteiger partial charge in [0.2, 0.25) is 0 Å². The minimum atomic E-state index is -0.0878. The highest BCUT2D eigenvalue weighted by Crippen LogP contribution is 2.32. The molecule has 0 spiro atoms. The smallest absolute Gasteiger partial charge is 0.125 e. The molecule has 0 saturated heterocycles. The normalized spacial score (nSPS) is 14.3. The second-order valence-electron chi connectivity index (χ2n) is 4.22. The van der Waals surface area contributed by atoms with E-state index in [4.69, 9.17) is 27.2 Å². The highest BCUT2D eigenvalue weighted by Gasteiger charge is 2.19. The van der Waals surface area contributed by atoms with E-state index in [0.717, 1.165) is 11.3 Å². The number of hydrogen-bond acceptors (Lipinski definition) is 4. The molecule has 1 aromatic rings. The number of aliphatic hydroxyl groups excluding tert-OH is 1. The Kier molecular flexibility index (Phi) is 6.43. The fourth-order valence-corrected chi connectivity index (χ4v) is 2.22. The van der Waals surface area contributed by atoms with Crippen LogP contribution in [0.5, 0.6) is 5.75 Å². The predicted octanol–water partition coefficient (Wildman–Crippen LogP) is 1.71. The van der Waals surface area contributed by atoms with Gasteiger partial charge in [-0.2, -0.15) is 0 Å². The van der Waals surface area contributed by atoms with E-state index in [9.17, 15) is 0 Å². The number of halogens is 1.